The van der Waals surface area contributed by atoms with Crippen LogP contribution in [0.4, 0.5) is 16.2 Å². The van der Waals surface area contributed by atoms with Gasteiger partial charge in [0.05, 0.1) is 0 Å². The molecular formula is C27H38N2O2. The summed E-state index contributed by atoms with van der Waals surface area (Å²) in [5.41, 5.74) is 3.49. The third-order valence-corrected chi connectivity index (χ3v) is 6.14. The van der Waals surface area contributed by atoms with E-state index < -0.39 is 0 Å². The van der Waals surface area contributed by atoms with Gasteiger partial charge in [-0.25, -0.2) is 4.79 Å². The SMILES string of the molecule is CCCCC(CC)C(C)CCC(=O)Cc1ccc(NC(=O)Nc2ccccc2C)cc1. The number of para-hydroxylation sites is 1. The topological polar surface area (TPSA) is 58.2 Å². The van der Waals surface area contributed by atoms with Gasteiger partial charge >= 0.3 is 6.03 Å². The van der Waals surface area contributed by atoms with Crippen LogP contribution in [0.3, 0.4) is 0 Å². The fourth-order valence-corrected chi connectivity index (χ4v) is 4.00. The van der Waals surface area contributed by atoms with Crippen molar-refractivity contribution in [2.24, 2.45) is 11.8 Å². The molecule has 0 spiro atoms. The molecule has 0 aliphatic carbocycles. The van der Waals surface area contributed by atoms with Crippen molar-refractivity contribution >= 4 is 23.2 Å². The Kier molecular flexibility index (Phi) is 10.3. The predicted octanol–water partition coefficient (Wildman–Crippen LogP) is 7.38. The summed E-state index contributed by atoms with van der Waals surface area (Å²) in [5, 5.41) is 5.69. The molecule has 31 heavy (non-hydrogen) atoms. The lowest BCUT2D eigenvalue weighted by molar-refractivity contribution is -0.118. The number of carbonyl (C=O) groups excluding carboxylic acids is 2. The van der Waals surface area contributed by atoms with Crippen molar-refractivity contribution in [3.63, 3.8) is 0 Å². The van der Waals surface area contributed by atoms with Crippen molar-refractivity contribution in [3.8, 4) is 0 Å². The van der Waals surface area contributed by atoms with Crippen molar-refractivity contribution in [2.75, 3.05) is 10.6 Å². The lowest BCUT2D eigenvalue weighted by Crippen LogP contribution is -2.19. The number of Topliss-reactive ketones (excluding diaryl/α,β-unsaturated/α-hetero) is 1. The average molecular weight is 423 g/mol. The molecule has 0 saturated carbocycles. The first-order valence-corrected chi connectivity index (χ1v) is 11.7. The standard InChI is InChI=1S/C27H38N2O2/c1-5-7-11-23(6-2)20(3)13-18-25(30)19-22-14-16-24(17-15-22)28-27(31)29-26-12-9-8-10-21(26)4/h8-10,12,14-17,20,23H,5-7,11,13,18-19H2,1-4H3,(H2,28,29,31). The molecule has 2 atom stereocenters. The summed E-state index contributed by atoms with van der Waals surface area (Å²) in [6.45, 7) is 8.74. The molecule has 0 radical (unpaired) electrons. The second kappa shape index (κ2) is 12.9. The van der Waals surface area contributed by atoms with Gasteiger partial charge in [-0.2, -0.15) is 0 Å². The van der Waals surface area contributed by atoms with Gasteiger partial charge in [-0.05, 0) is 54.5 Å². The smallest absolute Gasteiger partial charge is 0.308 e. The minimum Gasteiger partial charge on any atom is -0.308 e. The van der Waals surface area contributed by atoms with Gasteiger partial charge in [0.1, 0.15) is 5.78 Å². The van der Waals surface area contributed by atoms with E-state index in [0.29, 0.717) is 24.4 Å². The minimum atomic E-state index is -0.277. The van der Waals surface area contributed by atoms with Crippen LogP contribution in [0.2, 0.25) is 0 Å². The van der Waals surface area contributed by atoms with Gasteiger partial charge < -0.3 is 10.6 Å². The van der Waals surface area contributed by atoms with E-state index in [1.807, 2.05) is 55.5 Å². The molecule has 2 aromatic carbocycles. The number of nitrogens with one attached hydrogen (secondary N) is 2. The van der Waals surface area contributed by atoms with E-state index >= 15 is 0 Å². The van der Waals surface area contributed by atoms with E-state index in [2.05, 4.69) is 31.4 Å². The van der Waals surface area contributed by atoms with Crippen LogP contribution in [0, 0.1) is 18.8 Å². The summed E-state index contributed by atoms with van der Waals surface area (Å²) < 4.78 is 0. The average Bonchev–Trinajstić information content (AvgIpc) is 2.76. The molecule has 0 aliphatic heterocycles. The maximum atomic E-state index is 12.5. The Morgan fingerprint density at radius 1 is 0.935 bits per heavy atom. The number of rotatable bonds is 12. The zero-order valence-electron chi connectivity index (χ0n) is 19.5. The molecule has 0 fully saturated rings. The number of anilines is 2. The van der Waals surface area contributed by atoms with Gasteiger partial charge in [0.2, 0.25) is 0 Å². The van der Waals surface area contributed by atoms with Crippen LogP contribution < -0.4 is 10.6 Å². The number of hydrogen-bond acceptors (Lipinski definition) is 2. The fraction of sp³-hybridized carbons (Fsp3) is 0.481. The van der Waals surface area contributed by atoms with Crippen LogP contribution in [-0.2, 0) is 11.2 Å². The van der Waals surface area contributed by atoms with Crippen molar-refractivity contribution in [2.45, 2.75) is 72.6 Å². The first-order valence-electron chi connectivity index (χ1n) is 11.7. The van der Waals surface area contributed by atoms with Crippen LogP contribution in [0.25, 0.3) is 0 Å². The highest BCUT2D eigenvalue weighted by Crippen LogP contribution is 2.26. The third-order valence-electron chi connectivity index (χ3n) is 6.14. The number of amides is 2. The van der Waals surface area contributed by atoms with E-state index in [9.17, 15) is 9.59 Å². The molecule has 0 heterocycles. The number of benzene rings is 2. The molecule has 2 unspecified atom stereocenters. The first kappa shape index (κ1) is 24.6. The number of unbranched alkanes of at least 4 members (excludes halogenated alkanes) is 1. The lowest BCUT2D eigenvalue weighted by atomic mass is 9.83. The number of hydrogen-bond donors (Lipinski definition) is 2. The highest BCUT2D eigenvalue weighted by Gasteiger charge is 2.16. The Bertz CT molecular complexity index is 829. The number of carbonyl (C=O) groups is 2. The highest BCUT2D eigenvalue weighted by atomic mass is 16.2. The first-order chi connectivity index (χ1) is 14.9. The summed E-state index contributed by atoms with van der Waals surface area (Å²) in [6.07, 6.45) is 7.05. The van der Waals surface area contributed by atoms with Crippen molar-refractivity contribution < 1.29 is 9.59 Å². The van der Waals surface area contributed by atoms with E-state index in [1.54, 1.807) is 0 Å². The molecule has 0 bridgehead atoms. The molecule has 4 nitrogen and oxygen atoms in total. The van der Waals surface area contributed by atoms with Crippen molar-refractivity contribution in [1.29, 1.82) is 0 Å². The van der Waals surface area contributed by atoms with Gasteiger partial charge in [-0.1, -0.05) is 76.8 Å². The summed E-state index contributed by atoms with van der Waals surface area (Å²) in [5.74, 6) is 1.61. The summed E-state index contributed by atoms with van der Waals surface area (Å²) >= 11 is 0. The third kappa shape index (κ3) is 8.56. The normalized spacial score (nSPS) is 12.8. The van der Waals surface area contributed by atoms with Gasteiger partial charge in [-0.15, -0.1) is 0 Å². The predicted molar refractivity (Wildman–Crippen MR) is 131 cm³/mol. The molecule has 0 aromatic heterocycles. The Balaban J connectivity index is 1.79. The lowest BCUT2D eigenvalue weighted by Gasteiger charge is -2.22. The molecule has 2 rings (SSSR count). The van der Waals surface area contributed by atoms with Crippen LogP contribution in [0.1, 0.15) is 70.4 Å². The fourth-order valence-electron chi connectivity index (χ4n) is 4.00. The molecular weight excluding hydrogens is 384 g/mol. The monoisotopic (exact) mass is 422 g/mol. The zero-order chi connectivity index (χ0) is 22.6. The van der Waals surface area contributed by atoms with E-state index in [-0.39, 0.29) is 11.8 Å². The van der Waals surface area contributed by atoms with Gasteiger partial charge in [-0.3, -0.25) is 4.79 Å². The highest BCUT2D eigenvalue weighted by molar-refractivity contribution is 6.00. The van der Waals surface area contributed by atoms with Crippen molar-refractivity contribution in [1.82, 2.24) is 0 Å². The van der Waals surface area contributed by atoms with Crippen molar-refractivity contribution in [3.05, 3.63) is 59.7 Å². The van der Waals surface area contributed by atoms with Crippen LogP contribution >= 0.6 is 0 Å². The van der Waals surface area contributed by atoms with E-state index in [0.717, 1.165) is 29.2 Å². The Morgan fingerprint density at radius 2 is 1.65 bits per heavy atom. The number of ketones is 1. The van der Waals surface area contributed by atoms with Gasteiger partial charge in [0.25, 0.3) is 0 Å². The van der Waals surface area contributed by atoms with Crippen LogP contribution in [-0.4, -0.2) is 11.8 Å². The maximum Gasteiger partial charge on any atom is 0.323 e. The largest absolute Gasteiger partial charge is 0.323 e. The maximum absolute atomic E-state index is 12.5. The molecule has 0 saturated heterocycles. The summed E-state index contributed by atoms with van der Waals surface area (Å²) in [7, 11) is 0. The van der Waals surface area contributed by atoms with E-state index in [4.69, 9.17) is 0 Å². The van der Waals surface area contributed by atoms with Gasteiger partial charge in [0.15, 0.2) is 0 Å². The second-order valence-corrected chi connectivity index (χ2v) is 8.63. The molecule has 0 aliphatic rings. The van der Waals surface area contributed by atoms with Crippen LogP contribution in [0.5, 0.6) is 0 Å². The molecule has 2 N–H and O–H groups in total. The van der Waals surface area contributed by atoms with Crippen LogP contribution in [0.15, 0.2) is 48.5 Å². The van der Waals surface area contributed by atoms with Gasteiger partial charge in [0, 0.05) is 24.2 Å². The molecule has 2 amide bonds. The molecule has 2 aromatic rings. The second-order valence-electron chi connectivity index (χ2n) is 8.63. The molecule has 168 valence electrons. The zero-order valence-corrected chi connectivity index (χ0v) is 19.5. The summed E-state index contributed by atoms with van der Waals surface area (Å²) in [6, 6.07) is 14.9. The Morgan fingerprint density at radius 3 is 2.29 bits per heavy atom. The molecule has 4 heteroatoms. The summed E-state index contributed by atoms with van der Waals surface area (Å²) in [4.78, 5) is 24.7. The van der Waals surface area contributed by atoms with E-state index in [1.165, 1.54) is 25.7 Å². The number of aryl methyl sites for hydroxylation is 1. The minimum absolute atomic E-state index is 0.277. The Hall–Kier alpha value is -2.62. The number of urea groups is 1. The Labute approximate surface area is 187 Å². The quantitative estimate of drug-likeness (QED) is 0.375.